The second-order valence-electron chi connectivity index (χ2n) is 6.31. The summed E-state index contributed by atoms with van der Waals surface area (Å²) >= 11 is 0. The van der Waals surface area contributed by atoms with Gasteiger partial charge in [-0.25, -0.2) is 14.4 Å². The van der Waals surface area contributed by atoms with Gasteiger partial charge in [-0.1, -0.05) is 30.3 Å². The van der Waals surface area contributed by atoms with Gasteiger partial charge in [-0.3, -0.25) is 9.20 Å². The van der Waals surface area contributed by atoms with E-state index in [1.807, 2.05) is 36.4 Å². The van der Waals surface area contributed by atoms with Crippen LogP contribution in [0, 0.1) is 17.1 Å². The fourth-order valence-corrected chi connectivity index (χ4v) is 3.16. The molecule has 3 heterocycles. The van der Waals surface area contributed by atoms with Crippen LogP contribution in [0.4, 0.5) is 16.0 Å². The van der Waals surface area contributed by atoms with E-state index >= 15 is 0 Å². The predicted molar refractivity (Wildman–Crippen MR) is 108 cm³/mol. The molecule has 0 aliphatic heterocycles. The summed E-state index contributed by atoms with van der Waals surface area (Å²) in [6, 6.07) is 15.7. The lowest BCUT2D eigenvalue weighted by Gasteiger charge is -2.14. The summed E-state index contributed by atoms with van der Waals surface area (Å²) in [5, 5.41) is 12.4. The largest absolute Gasteiger partial charge is 0.382 e. The Hall–Kier alpha value is -4.25. The quantitative estimate of drug-likeness (QED) is 0.558. The number of nitriles is 1. The lowest BCUT2D eigenvalue weighted by atomic mass is 10.0. The van der Waals surface area contributed by atoms with Crippen molar-refractivity contribution in [3.8, 4) is 17.2 Å². The fraction of sp³-hybridized carbons (Fsp3) is 0.0476. The molecule has 0 amide bonds. The molecule has 0 atom stereocenters. The number of nitrogens with zero attached hydrogens (tertiary/aromatic N) is 4. The van der Waals surface area contributed by atoms with Crippen LogP contribution in [0.5, 0.6) is 0 Å². The van der Waals surface area contributed by atoms with Gasteiger partial charge in [-0.2, -0.15) is 5.26 Å². The van der Waals surface area contributed by atoms with Crippen LogP contribution in [0.3, 0.4) is 0 Å². The Morgan fingerprint density at radius 3 is 2.72 bits per heavy atom. The molecule has 0 fully saturated rings. The van der Waals surface area contributed by atoms with Gasteiger partial charge >= 0.3 is 0 Å². The van der Waals surface area contributed by atoms with Crippen molar-refractivity contribution >= 4 is 17.2 Å². The minimum absolute atomic E-state index is 0.0716. The zero-order valence-electron chi connectivity index (χ0n) is 15.1. The highest BCUT2D eigenvalue weighted by Gasteiger charge is 2.15. The highest BCUT2D eigenvalue weighted by atomic mass is 19.1. The van der Waals surface area contributed by atoms with Crippen LogP contribution in [0.1, 0.15) is 11.1 Å². The maximum Gasteiger partial charge on any atom is 0.263 e. The zero-order chi connectivity index (χ0) is 20.4. The number of pyridine rings is 2. The number of halogens is 1. The number of anilines is 2. The molecule has 0 radical (unpaired) electrons. The van der Waals surface area contributed by atoms with Gasteiger partial charge in [0.2, 0.25) is 0 Å². The molecule has 0 spiro atoms. The minimum atomic E-state index is -0.500. The zero-order valence-corrected chi connectivity index (χ0v) is 15.1. The van der Waals surface area contributed by atoms with Crippen molar-refractivity contribution in [3.05, 3.63) is 88.4 Å². The normalized spacial score (nSPS) is 10.6. The first-order valence-electron chi connectivity index (χ1n) is 8.72. The minimum Gasteiger partial charge on any atom is -0.382 e. The number of nitrogens with one attached hydrogen (secondary N) is 1. The third-order valence-corrected chi connectivity index (χ3v) is 4.52. The van der Waals surface area contributed by atoms with Crippen LogP contribution in [-0.4, -0.2) is 14.4 Å². The van der Waals surface area contributed by atoms with Crippen molar-refractivity contribution in [2.45, 2.75) is 6.54 Å². The molecular weight excluding hydrogens is 371 g/mol. The summed E-state index contributed by atoms with van der Waals surface area (Å²) in [5.41, 5.74) is 7.89. The number of hydrogen-bond donors (Lipinski definition) is 2. The fourth-order valence-electron chi connectivity index (χ4n) is 3.16. The second-order valence-corrected chi connectivity index (χ2v) is 6.31. The smallest absolute Gasteiger partial charge is 0.263 e. The Morgan fingerprint density at radius 2 is 1.97 bits per heavy atom. The first-order valence-corrected chi connectivity index (χ1v) is 8.72. The first-order chi connectivity index (χ1) is 14.1. The molecule has 0 saturated carbocycles. The Balaban J connectivity index is 1.86. The number of nitrogen functional groups attached to an aromatic ring is 1. The molecule has 0 aliphatic rings. The molecule has 29 heavy (non-hydrogen) atoms. The van der Waals surface area contributed by atoms with Crippen molar-refractivity contribution < 1.29 is 4.39 Å². The monoisotopic (exact) mass is 386 g/mol. The summed E-state index contributed by atoms with van der Waals surface area (Å²) in [6.07, 6.45) is 2.43. The Kier molecular flexibility index (Phi) is 4.63. The molecule has 0 bridgehead atoms. The molecule has 4 aromatic rings. The number of fused-ring (bicyclic) bond motifs is 1. The number of benzene rings is 1. The lowest BCUT2D eigenvalue weighted by Crippen LogP contribution is -2.19. The van der Waals surface area contributed by atoms with E-state index in [1.54, 1.807) is 12.1 Å². The van der Waals surface area contributed by atoms with E-state index in [-0.39, 0.29) is 29.3 Å². The second kappa shape index (κ2) is 7.40. The summed E-state index contributed by atoms with van der Waals surface area (Å²) in [5.74, 6) is -0.153. The number of rotatable bonds is 4. The van der Waals surface area contributed by atoms with E-state index in [4.69, 9.17) is 5.73 Å². The molecule has 0 unspecified atom stereocenters. The van der Waals surface area contributed by atoms with Gasteiger partial charge in [0.05, 0.1) is 5.56 Å². The van der Waals surface area contributed by atoms with Crippen LogP contribution in [0.2, 0.25) is 0 Å². The maximum atomic E-state index is 13.7. The average molecular weight is 386 g/mol. The van der Waals surface area contributed by atoms with E-state index in [0.29, 0.717) is 22.2 Å². The van der Waals surface area contributed by atoms with Gasteiger partial charge < -0.3 is 11.1 Å². The van der Waals surface area contributed by atoms with E-state index in [1.165, 1.54) is 23.0 Å². The molecule has 142 valence electrons. The molecular formula is C21H15FN6O. The SMILES string of the molecule is N#Cc1c(N)ncnc1NCc1cc2ccc(F)cn2c(=O)c1-c1ccccc1. The highest BCUT2D eigenvalue weighted by molar-refractivity contribution is 5.71. The average Bonchev–Trinajstić information content (AvgIpc) is 2.73. The Bertz CT molecular complexity index is 1310. The van der Waals surface area contributed by atoms with Crippen LogP contribution in [0.15, 0.2) is 65.8 Å². The van der Waals surface area contributed by atoms with Gasteiger partial charge in [0, 0.05) is 18.3 Å². The van der Waals surface area contributed by atoms with E-state index in [2.05, 4.69) is 15.3 Å². The highest BCUT2D eigenvalue weighted by Crippen LogP contribution is 2.24. The van der Waals surface area contributed by atoms with E-state index in [9.17, 15) is 14.4 Å². The number of aromatic nitrogens is 3. The van der Waals surface area contributed by atoms with Gasteiger partial charge in [0.15, 0.2) is 0 Å². The number of hydrogen-bond acceptors (Lipinski definition) is 6. The van der Waals surface area contributed by atoms with Crippen LogP contribution >= 0.6 is 0 Å². The Labute approximate surface area is 164 Å². The standard InChI is InChI=1S/C21H15FN6O/c22-15-6-7-16-8-14(10-25-20-17(9-23)19(24)26-12-27-20)18(21(29)28(16)11-15)13-4-2-1-3-5-13/h1-8,11-12H,10H2,(H3,24,25,26,27). The third kappa shape index (κ3) is 3.37. The summed E-state index contributed by atoms with van der Waals surface area (Å²) < 4.78 is 15.0. The molecule has 8 heteroatoms. The summed E-state index contributed by atoms with van der Waals surface area (Å²) in [4.78, 5) is 21.0. The summed E-state index contributed by atoms with van der Waals surface area (Å²) in [7, 11) is 0. The van der Waals surface area contributed by atoms with Crippen molar-refractivity contribution in [3.63, 3.8) is 0 Å². The van der Waals surface area contributed by atoms with Gasteiger partial charge in [0.1, 0.15) is 35.4 Å². The summed E-state index contributed by atoms with van der Waals surface area (Å²) in [6.45, 7) is 0.207. The van der Waals surface area contributed by atoms with Crippen molar-refractivity contribution in [1.82, 2.24) is 14.4 Å². The van der Waals surface area contributed by atoms with Crippen LogP contribution < -0.4 is 16.6 Å². The topological polar surface area (TPSA) is 109 Å². The molecule has 0 saturated heterocycles. The van der Waals surface area contributed by atoms with Crippen molar-refractivity contribution in [2.75, 3.05) is 11.1 Å². The Morgan fingerprint density at radius 1 is 1.17 bits per heavy atom. The van der Waals surface area contributed by atoms with E-state index in [0.717, 1.165) is 0 Å². The van der Waals surface area contributed by atoms with Crippen molar-refractivity contribution in [1.29, 1.82) is 5.26 Å². The molecule has 3 aromatic heterocycles. The third-order valence-electron chi connectivity index (χ3n) is 4.52. The molecule has 7 nitrogen and oxygen atoms in total. The molecule has 4 rings (SSSR count). The van der Waals surface area contributed by atoms with Crippen molar-refractivity contribution in [2.24, 2.45) is 0 Å². The van der Waals surface area contributed by atoms with Crippen LogP contribution in [0.25, 0.3) is 16.6 Å². The van der Waals surface area contributed by atoms with Gasteiger partial charge in [-0.05, 0) is 29.3 Å². The maximum absolute atomic E-state index is 13.7. The van der Waals surface area contributed by atoms with Gasteiger partial charge in [0.25, 0.3) is 5.56 Å². The van der Waals surface area contributed by atoms with Crippen LogP contribution in [-0.2, 0) is 6.54 Å². The predicted octanol–water partition coefficient (Wildman–Crippen LogP) is 2.96. The molecule has 1 aromatic carbocycles. The van der Waals surface area contributed by atoms with Gasteiger partial charge in [-0.15, -0.1) is 0 Å². The lowest BCUT2D eigenvalue weighted by molar-refractivity contribution is 0.618. The molecule has 3 N–H and O–H groups in total. The first kappa shape index (κ1) is 18.1. The molecule has 0 aliphatic carbocycles. The van der Waals surface area contributed by atoms with E-state index < -0.39 is 5.82 Å². The number of nitrogens with two attached hydrogens (primary N) is 1.